The standard InChI is InChI=1S/C8H15NO2S/c1-6-8(7-2-3-7)9-4-5-12(6,10)11/h6-9H,2-5H2,1H3. The Kier molecular flexibility index (Phi) is 1.92. The highest BCUT2D eigenvalue weighted by Gasteiger charge is 2.41. The van der Waals surface area contributed by atoms with Gasteiger partial charge in [0.2, 0.25) is 0 Å². The molecular weight excluding hydrogens is 174 g/mol. The number of nitrogens with one attached hydrogen (secondary N) is 1. The van der Waals surface area contributed by atoms with Gasteiger partial charge in [-0.05, 0) is 25.7 Å². The minimum atomic E-state index is -2.78. The molecule has 1 heterocycles. The van der Waals surface area contributed by atoms with Crippen LogP contribution in [0.3, 0.4) is 0 Å². The van der Waals surface area contributed by atoms with E-state index < -0.39 is 9.84 Å². The largest absolute Gasteiger partial charge is 0.311 e. The predicted octanol–water partition coefficient (Wildman–Crippen LogP) is 0.172. The van der Waals surface area contributed by atoms with E-state index in [9.17, 15) is 8.42 Å². The summed E-state index contributed by atoms with van der Waals surface area (Å²) in [6, 6.07) is 0.240. The number of hydrogen-bond donors (Lipinski definition) is 1. The predicted molar refractivity (Wildman–Crippen MR) is 47.8 cm³/mol. The van der Waals surface area contributed by atoms with Crippen molar-refractivity contribution < 1.29 is 8.42 Å². The van der Waals surface area contributed by atoms with Gasteiger partial charge in [0.05, 0.1) is 11.0 Å². The zero-order valence-corrected chi connectivity index (χ0v) is 8.10. The Morgan fingerprint density at radius 3 is 2.58 bits per heavy atom. The Bertz CT molecular complexity index is 269. The molecule has 1 aliphatic heterocycles. The van der Waals surface area contributed by atoms with Crippen molar-refractivity contribution >= 4 is 9.84 Å². The van der Waals surface area contributed by atoms with Crippen LogP contribution in [0.4, 0.5) is 0 Å². The zero-order valence-electron chi connectivity index (χ0n) is 7.29. The molecule has 2 atom stereocenters. The summed E-state index contributed by atoms with van der Waals surface area (Å²) in [4.78, 5) is 0. The van der Waals surface area contributed by atoms with Gasteiger partial charge in [0, 0.05) is 12.6 Å². The lowest BCUT2D eigenvalue weighted by molar-refractivity contribution is 0.432. The van der Waals surface area contributed by atoms with Crippen molar-refractivity contribution in [1.29, 1.82) is 0 Å². The van der Waals surface area contributed by atoms with Crippen LogP contribution in [0.2, 0.25) is 0 Å². The van der Waals surface area contributed by atoms with E-state index in [2.05, 4.69) is 5.32 Å². The Morgan fingerprint density at radius 2 is 2.00 bits per heavy atom. The third-order valence-corrected chi connectivity index (χ3v) is 5.17. The third kappa shape index (κ3) is 1.38. The first-order chi connectivity index (χ1) is 5.61. The molecule has 0 aromatic heterocycles. The first kappa shape index (κ1) is 8.51. The average Bonchev–Trinajstić information content (AvgIpc) is 2.77. The van der Waals surface area contributed by atoms with Crippen molar-refractivity contribution in [2.45, 2.75) is 31.1 Å². The summed E-state index contributed by atoms with van der Waals surface area (Å²) in [6.45, 7) is 2.48. The minimum absolute atomic E-state index is 0.168. The maximum atomic E-state index is 11.5. The molecule has 1 aliphatic carbocycles. The molecule has 2 fully saturated rings. The first-order valence-corrected chi connectivity index (χ1v) is 6.28. The second-order valence-corrected chi connectivity index (χ2v) is 6.37. The Labute approximate surface area is 73.5 Å². The molecular formula is C8H15NO2S. The summed E-state index contributed by atoms with van der Waals surface area (Å²) in [7, 11) is -2.78. The van der Waals surface area contributed by atoms with E-state index in [4.69, 9.17) is 0 Å². The highest BCUT2D eigenvalue weighted by atomic mass is 32.2. The molecule has 12 heavy (non-hydrogen) atoms. The molecule has 0 aromatic rings. The molecule has 2 aliphatic rings. The van der Waals surface area contributed by atoms with E-state index >= 15 is 0 Å². The maximum Gasteiger partial charge on any atom is 0.155 e. The van der Waals surface area contributed by atoms with Crippen LogP contribution in [0.25, 0.3) is 0 Å². The van der Waals surface area contributed by atoms with Crippen LogP contribution in [0.15, 0.2) is 0 Å². The van der Waals surface area contributed by atoms with Gasteiger partial charge < -0.3 is 5.32 Å². The maximum absolute atomic E-state index is 11.5. The third-order valence-electron chi connectivity index (χ3n) is 2.97. The Balaban J connectivity index is 2.15. The molecule has 0 spiro atoms. The van der Waals surface area contributed by atoms with E-state index in [-0.39, 0.29) is 11.3 Å². The molecule has 0 aromatic carbocycles. The van der Waals surface area contributed by atoms with Crippen LogP contribution >= 0.6 is 0 Å². The van der Waals surface area contributed by atoms with Gasteiger partial charge in [-0.15, -0.1) is 0 Å². The van der Waals surface area contributed by atoms with Crippen LogP contribution < -0.4 is 5.32 Å². The molecule has 0 bridgehead atoms. The van der Waals surface area contributed by atoms with Crippen molar-refractivity contribution in [2.75, 3.05) is 12.3 Å². The lowest BCUT2D eigenvalue weighted by Crippen LogP contribution is -2.52. The molecule has 2 unspecified atom stereocenters. The normalized spacial score (nSPS) is 41.1. The van der Waals surface area contributed by atoms with E-state index in [1.165, 1.54) is 12.8 Å². The molecule has 0 amide bonds. The van der Waals surface area contributed by atoms with Gasteiger partial charge in [-0.1, -0.05) is 0 Å². The van der Waals surface area contributed by atoms with Gasteiger partial charge in [-0.25, -0.2) is 8.42 Å². The highest BCUT2D eigenvalue weighted by molar-refractivity contribution is 7.92. The van der Waals surface area contributed by atoms with Crippen molar-refractivity contribution in [1.82, 2.24) is 5.32 Å². The van der Waals surface area contributed by atoms with Crippen molar-refractivity contribution in [3.63, 3.8) is 0 Å². The molecule has 2 rings (SSSR count). The molecule has 3 nitrogen and oxygen atoms in total. The van der Waals surface area contributed by atoms with Crippen molar-refractivity contribution in [3.05, 3.63) is 0 Å². The number of sulfone groups is 1. The Hall–Kier alpha value is -0.0900. The topological polar surface area (TPSA) is 46.2 Å². The van der Waals surface area contributed by atoms with Crippen LogP contribution in [-0.4, -0.2) is 32.0 Å². The van der Waals surface area contributed by atoms with Crippen LogP contribution in [0.5, 0.6) is 0 Å². The van der Waals surface area contributed by atoms with Gasteiger partial charge >= 0.3 is 0 Å². The smallest absolute Gasteiger partial charge is 0.155 e. The lowest BCUT2D eigenvalue weighted by atomic mass is 10.1. The second-order valence-electron chi connectivity index (χ2n) is 3.89. The van der Waals surface area contributed by atoms with Crippen molar-refractivity contribution in [2.24, 2.45) is 5.92 Å². The second kappa shape index (κ2) is 2.70. The zero-order chi connectivity index (χ0) is 8.77. The van der Waals surface area contributed by atoms with Crippen LogP contribution in [0.1, 0.15) is 19.8 Å². The van der Waals surface area contributed by atoms with E-state index in [1.54, 1.807) is 0 Å². The summed E-state index contributed by atoms with van der Waals surface area (Å²) in [6.07, 6.45) is 2.41. The summed E-state index contributed by atoms with van der Waals surface area (Å²) in [5, 5.41) is 3.14. The molecule has 70 valence electrons. The van der Waals surface area contributed by atoms with Gasteiger partial charge in [0.25, 0.3) is 0 Å². The molecule has 1 saturated carbocycles. The first-order valence-electron chi connectivity index (χ1n) is 4.56. The fraction of sp³-hybridized carbons (Fsp3) is 1.00. The SMILES string of the molecule is CC1C(C2CC2)NCCS1(=O)=O. The molecule has 1 saturated heterocycles. The van der Waals surface area contributed by atoms with Gasteiger partial charge in [0.15, 0.2) is 9.84 Å². The number of hydrogen-bond acceptors (Lipinski definition) is 3. The summed E-state index contributed by atoms with van der Waals surface area (Å²) < 4.78 is 23.0. The van der Waals surface area contributed by atoms with E-state index in [1.807, 2.05) is 6.92 Å². The fourth-order valence-corrected chi connectivity index (χ4v) is 3.49. The highest BCUT2D eigenvalue weighted by Crippen LogP contribution is 2.36. The fourth-order valence-electron chi connectivity index (χ4n) is 1.95. The summed E-state index contributed by atoms with van der Waals surface area (Å²) >= 11 is 0. The van der Waals surface area contributed by atoms with E-state index in [0.29, 0.717) is 18.2 Å². The average molecular weight is 189 g/mol. The Morgan fingerprint density at radius 1 is 1.33 bits per heavy atom. The minimum Gasteiger partial charge on any atom is -0.311 e. The quantitative estimate of drug-likeness (QED) is 0.639. The monoisotopic (exact) mass is 189 g/mol. The molecule has 0 radical (unpaired) electrons. The number of rotatable bonds is 1. The molecule has 4 heteroatoms. The van der Waals surface area contributed by atoms with Gasteiger partial charge in [-0.2, -0.15) is 0 Å². The van der Waals surface area contributed by atoms with Crippen LogP contribution in [-0.2, 0) is 9.84 Å². The van der Waals surface area contributed by atoms with Crippen molar-refractivity contribution in [3.8, 4) is 0 Å². The summed E-state index contributed by atoms with van der Waals surface area (Å²) in [5.41, 5.74) is 0. The van der Waals surface area contributed by atoms with Gasteiger partial charge in [-0.3, -0.25) is 0 Å². The van der Waals surface area contributed by atoms with E-state index in [0.717, 1.165) is 0 Å². The molecule has 1 N–H and O–H groups in total. The van der Waals surface area contributed by atoms with Crippen LogP contribution in [0, 0.1) is 5.92 Å². The van der Waals surface area contributed by atoms with Gasteiger partial charge in [0.1, 0.15) is 0 Å². The summed E-state index contributed by atoms with van der Waals surface area (Å²) in [5.74, 6) is 0.951. The lowest BCUT2D eigenvalue weighted by Gasteiger charge is -2.29.